The fourth-order valence-electron chi connectivity index (χ4n) is 2.04. The molecule has 1 unspecified atom stereocenters. The van der Waals surface area contributed by atoms with Gasteiger partial charge in [-0.25, -0.2) is 0 Å². The van der Waals surface area contributed by atoms with Crippen LogP contribution in [0.25, 0.3) is 0 Å². The Balaban J connectivity index is 2.28. The molecule has 0 saturated heterocycles. The molecule has 5 heteroatoms. The van der Waals surface area contributed by atoms with Crippen molar-refractivity contribution in [1.82, 2.24) is 0 Å². The highest BCUT2D eigenvalue weighted by Gasteiger charge is 2.34. The Morgan fingerprint density at radius 2 is 1.75 bits per heavy atom. The summed E-state index contributed by atoms with van der Waals surface area (Å²) in [6.07, 6.45) is -4.34. The summed E-state index contributed by atoms with van der Waals surface area (Å²) in [7, 11) is 0. The van der Waals surface area contributed by atoms with Crippen LogP contribution in [0.3, 0.4) is 0 Å². The van der Waals surface area contributed by atoms with E-state index >= 15 is 0 Å². The summed E-state index contributed by atoms with van der Waals surface area (Å²) in [5.41, 5.74) is 0.464. The van der Waals surface area contributed by atoms with Gasteiger partial charge in [-0.05, 0) is 59.3 Å². The molecule has 0 saturated carbocycles. The molecule has 0 spiro atoms. The van der Waals surface area contributed by atoms with E-state index in [1.807, 2.05) is 24.3 Å². The maximum atomic E-state index is 13.0. The van der Waals surface area contributed by atoms with Crippen molar-refractivity contribution in [1.29, 1.82) is 0 Å². The smallest absolute Gasteiger partial charge is 0.378 e. The average Bonchev–Trinajstić information content (AvgIpc) is 2.37. The molecule has 106 valence electrons. The summed E-state index contributed by atoms with van der Waals surface area (Å²) in [5, 5.41) is 3.11. The van der Waals surface area contributed by atoms with Gasteiger partial charge in [0.2, 0.25) is 0 Å². The molecule has 0 fully saturated rings. The number of hydrogen-bond acceptors (Lipinski definition) is 1. The molecule has 20 heavy (non-hydrogen) atoms. The van der Waals surface area contributed by atoms with Crippen molar-refractivity contribution in [2.75, 3.05) is 5.32 Å². The first-order valence-electron chi connectivity index (χ1n) is 6.06. The molecule has 1 nitrogen and oxygen atoms in total. The van der Waals surface area contributed by atoms with Crippen LogP contribution in [-0.4, -0.2) is 0 Å². The lowest BCUT2D eigenvalue weighted by Gasteiger charge is -2.20. The van der Waals surface area contributed by atoms with E-state index in [1.165, 1.54) is 12.1 Å². The van der Waals surface area contributed by atoms with E-state index in [4.69, 9.17) is 0 Å². The molecule has 0 amide bonds. The number of halogens is 4. The predicted octanol–water partition coefficient (Wildman–Crippen LogP) is 5.48. The van der Waals surface area contributed by atoms with Crippen LogP contribution < -0.4 is 5.32 Å². The monoisotopic (exact) mass is 391 g/mol. The number of benzene rings is 2. The van der Waals surface area contributed by atoms with Gasteiger partial charge in [-0.1, -0.05) is 24.3 Å². The SMILES string of the molecule is CC(Nc1cccc(I)c1)c1ccccc1C(F)(F)F. The highest BCUT2D eigenvalue weighted by molar-refractivity contribution is 14.1. The maximum absolute atomic E-state index is 13.0. The first-order chi connectivity index (χ1) is 9.38. The summed E-state index contributed by atoms with van der Waals surface area (Å²) in [4.78, 5) is 0. The van der Waals surface area contributed by atoms with Gasteiger partial charge in [-0.15, -0.1) is 0 Å². The van der Waals surface area contributed by atoms with Crippen molar-refractivity contribution in [3.05, 3.63) is 63.2 Å². The topological polar surface area (TPSA) is 12.0 Å². The quantitative estimate of drug-likeness (QED) is 0.683. The Hall–Kier alpha value is -1.24. The Bertz CT molecular complexity index is 596. The van der Waals surface area contributed by atoms with Crippen LogP contribution in [0.2, 0.25) is 0 Å². The standard InChI is InChI=1S/C15H13F3IN/c1-10(20-12-6-4-5-11(19)9-12)13-7-2-3-8-14(13)15(16,17)18/h2-10,20H,1H3. The van der Waals surface area contributed by atoms with Crippen molar-refractivity contribution in [3.8, 4) is 0 Å². The van der Waals surface area contributed by atoms with E-state index in [-0.39, 0.29) is 5.56 Å². The van der Waals surface area contributed by atoms with E-state index in [1.54, 1.807) is 13.0 Å². The highest BCUT2D eigenvalue weighted by Crippen LogP contribution is 2.35. The lowest BCUT2D eigenvalue weighted by molar-refractivity contribution is -0.138. The van der Waals surface area contributed by atoms with Gasteiger partial charge < -0.3 is 5.32 Å². The van der Waals surface area contributed by atoms with Crippen LogP contribution in [0.15, 0.2) is 48.5 Å². The minimum absolute atomic E-state index is 0.249. The van der Waals surface area contributed by atoms with Crippen molar-refractivity contribution < 1.29 is 13.2 Å². The molecule has 0 heterocycles. The summed E-state index contributed by atoms with van der Waals surface area (Å²) in [5.74, 6) is 0. The van der Waals surface area contributed by atoms with Crippen molar-refractivity contribution in [3.63, 3.8) is 0 Å². The number of nitrogens with one attached hydrogen (secondary N) is 1. The normalized spacial score (nSPS) is 13.1. The predicted molar refractivity (Wildman–Crippen MR) is 82.6 cm³/mol. The zero-order valence-corrected chi connectivity index (χ0v) is 12.9. The van der Waals surface area contributed by atoms with Gasteiger partial charge in [0.15, 0.2) is 0 Å². The molecule has 0 aliphatic rings. The van der Waals surface area contributed by atoms with E-state index in [0.29, 0.717) is 0 Å². The fourth-order valence-corrected chi connectivity index (χ4v) is 2.58. The van der Waals surface area contributed by atoms with E-state index < -0.39 is 17.8 Å². The minimum atomic E-state index is -4.34. The van der Waals surface area contributed by atoms with Gasteiger partial charge in [0.05, 0.1) is 5.56 Å². The molecular formula is C15H13F3IN. The zero-order valence-electron chi connectivity index (χ0n) is 10.7. The third kappa shape index (κ3) is 3.65. The van der Waals surface area contributed by atoms with E-state index in [2.05, 4.69) is 27.9 Å². The number of alkyl halides is 3. The lowest BCUT2D eigenvalue weighted by atomic mass is 10.0. The van der Waals surface area contributed by atoms with Crippen LogP contribution in [0, 0.1) is 3.57 Å². The lowest BCUT2D eigenvalue weighted by Crippen LogP contribution is -2.15. The number of rotatable bonds is 3. The zero-order chi connectivity index (χ0) is 14.8. The van der Waals surface area contributed by atoms with Crippen molar-refractivity contribution in [2.24, 2.45) is 0 Å². The summed E-state index contributed by atoms with van der Waals surface area (Å²) >= 11 is 2.17. The van der Waals surface area contributed by atoms with Gasteiger partial charge in [-0.3, -0.25) is 0 Å². The number of anilines is 1. The second-order valence-electron chi connectivity index (χ2n) is 4.46. The molecule has 2 aromatic carbocycles. The first kappa shape index (κ1) is 15.2. The summed E-state index contributed by atoms with van der Waals surface area (Å²) in [6.45, 7) is 1.73. The molecule has 0 aromatic heterocycles. The van der Waals surface area contributed by atoms with Crippen LogP contribution in [0.1, 0.15) is 24.1 Å². The second kappa shape index (κ2) is 6.03. The van der Waals surface area contributed by atoms with Gasteiger partial charge in [0, 0.05) is 15.3 Å². The van der Waals surface area contributed by atoms with E-state index in [9.17, 15) is 13.2 Å². The van der Waals surface area contributed by atoms with Crippen molar-refractivity contribution >= 4 is 28.3 Å². The van der Waals surface area contributed by atoms with Crippen molar-refractivity contribution in [2.45, 2.75) is 19.1 Å². The summed E-state index contributed by atoms with van der Waals surface area (Å²) in [6, 6.07) is 12.8. The molecule has 0 radical (unpaired) electrons. The second-order valence-corrected chi connectivity index (χ2v) is 5.71. The Morgan fingerprint density at radius 1 is 1.05 bits per heavy atom. The van der Waals surface area contributed by atoms with E-state index in [0.717, 1.165) is 15.3 Å². The van der Waals surface area contributed by atoms with Gasteiger partial charge in [0.25, 0.3) is 0 Å². The first-order valence-corrected chi connectivity index (χ1v) is 7.14. The molecule has 1 atom stereocenters. The Labute approximate surface area is 129 Å². The van der Waals surface area contributed by atoms with Gasteiger partial charge >= 0.3 is 6.18 Å². The third-order valence-electron chi connectivity index (χ3n) is 2.94. The van der Waals surface area contributed by atoms with Crippen LogP contribution in [0.4, 0.5) is 18.9 Å². The molecular weight excluding hydrogens is 378 g/mol. The third-order valence-corrected chi connectivity index (χ3v) is 3.61. The molecule has 0 aliphatic carbocycles. The maximum Gasteiger partial charge on any atom is 0.416 e. The Morgan fingerprint density at radius 3 is 2.40 bits per heavy atom. The molecule has 2 aromatic rings. The fraction of sp³-hybridized carbons (Fsp3) is 0.200. The Kier molecular flexibility index (Phi) is 4.57. The van der Waals surface area contributed by atoms with Gasteiger partial charge in [0.1, 0.15) is 0 Å². The largest absolute Gasteiger partial charge is 0.416 e. The van der Waals surface area contributed by atoms with Crippen LogP contribution in [-0.2, 0) is 6.18 Å². The average molecular weight is 391 g/mol. The number of hydrogen-bond donors (Lipinski definition) is 1. The van der Waals surface area contributed by atoms with Crippen LogP contribution >= 0.6 is 22.6 Å². The van der Waals surface area contributed by atoms with Crippen LogP contribution in [0.5, 0.6) is 0 Å². The molecule has 1 N–H and O–H groups in total. The van der Waals surface area contributed by atoms with Gasteiger partial charge in [-0.2, -0.15) is 13.2 Å². The minimum Gasteiger partial charge on any atom is -0.378 e. The molecule has 0 bridgehead atoms. The molecule has 2 rings (SSSR count). The summed E-state index contributed by atoms with van der Waals surface area (Å²) < 4.78 is 40.0. The highest BCUT2D eigenvalue weighted by atomic mass is 127. The molecule has 0 aliphatic heterocycles.